The molecule has 2 amide bonds. The van der Waals surface area contributed by atoms with E-state index in [9.17, 15) is 71.7 Å². The number of carbonyl (C=O) groups is 2. The summed E-state index contributed by atoms with van der Waals surface area (Å²) >= 11 is 35.8. The third-order valence-electron chi connectivity index (χ3n) is 20.8. The zero-order valence-electron chi connectivity index (χ0n) is 75.7. The minimum atomic E-state index is -5.87. The molecule has 0 radical (unpaired) electrons. The minimum absolute atomic E-state index is 0.0918. The van der Waals surface area contributed by atoms with Crippen LogP contribution >= 0.6 is 89.7 Å². The number of anilines is 4. The van der Waals surface area contributed by atoms with Crippen molar-refractivity contribution in [2.75, 3.05) is 193 Å². The van der Waals surface area contributed by atoms with E-state index in [2.05, 4.69) is 104 Å². The number of nitrogens with one attached hydrogen (secondary N) is 3. The lowest BCUT2D eigenvalue weighted by Crippen LogP contribution is -2.50. The second-order valence-electron chi connectivity index (χ2n) is 32.4. The van der Waals surface area contributed by atoms with Gasteiger partial charge in [-0.05, 0) is 201 Å². The second-order valence-corrected chi connectivity index (χ2v) is 42.6. The van der Waals surface area contributed by atoms with Crippen LogP contribution in [0.15, 0.2) is 136 Å². The summed E-state index contributed by atoms with van der Waals surface area (Å²) in [4.78, 5) is 81.4. The number of piperazine rings is 4. The van der Waals surface area contributed by atoms with E-state index < -0.39 is 52.3 Å². The number of piperidine rings is 1. The number of amides is 2. The Balaban J connectivity index is 0.000000195. The molecule has 0 atom stereocenters. The summed E-state index contributed by atoms with van der Waals surface area (Å²) in [7, 11) is 2.25. The van der Waals surface area contributed by atoms with Crippen LogP contribution in [0.3, 0.4) is 0 Å². The molecule has 5 saturated heterocycles. The number of halogens is 16. The van der Waals surface area contributed by atoms with Gasteiger partial charge in [-0.3, -0.25) is 28.1 Å². The highest BCUT2D eigenvalue weighted by atomic mass is 79.9. The molecule has 10 aromatic rings. The highest BCUT2D eigenvalue weighted by Gasteiger charge is 2.48. The first-order valence-corrected chi connectivity index (χ1v) is 49.9. The molecule has 10 heterocycles. The first-order chi connectivity index (χ1) is 63.6. The molecular formula is C88H107BrCl6F9N14O15PS. The molecule has 5 aromatic carbocycles. The van der Waals surface area contributed by atoms with E-state index >= 15 is 0 Å². The van der Waals surface area contributed by atoms with E-state index in [-0.39, 0.29) is 42.0 Å². The van der Waals surface area contributed by atoms with Gasteiger partial charge < -0.3 is 77.8 Å². The Kier molecular flexibility index (Phi) is 42.6. The van der Waals surface area contributed by atoms with Gasteiger partial charge in [-0.2, -0.15) is 21.6 Å². The van der Waals surface area contributed by atoms with Crippen LogP contribution in [0.2, 0.25) is 15.5 Å². The lowest BCUT2D eigenvalue weighted by Gasteiger charge is -2.37. The standard InChI is InChI=1S/C19H25N3O4.2C16H18ClF2N3O.C15H17ClN2O.C10H8BrNO2.C9H18N2O2.C3H3F5O3S.Cl3OP/c1-19(2,3)26-18(24)22-9-7-21(8-10-22)16-12-20-17(23)14-6-5-13(25-4)11-15(14)16;2*1-23-11-2-3-12-13(8-11)14(9-20-16(12)17)22-6-4-21(5-7-22)10-15(18)19;1-19-11-5-6-12-13(9-11)14(10-17-15(12)16)18-7-3-2-4-8-18;1-14-6-2-3-7-8(4-6)9(11)5-12-10(7)13;1-9(2,3)13-8(12)11-6-4-10-5-7-11;4-2(5)1-11-12(9,10)3(6,7)8;1-5(2,3)4/h5-6,11-12H,7-10H2,1-4H3,(H,20,23);2*2-3,8-9,15H,4-7,10H2,1H3;5-6,9-10H,2-4,7-8H2,1H3;2-5H,1H3,(H,12,13);10H,4-7H2,1-3H3;2H,1H2;. The van der Waals surface area contributed by atoms with Crippen LogP contribution in [0.4, 0.5) is 71.9 Å². The molecule has 0 spiro atoms. The van der Waals surface area contributed by atoms with Crippen molar-refractivity contribution in [2.24, 2.45) is 0 Å². The number of aromatic nitrogens is 5. The van der Waals surface area contributed by atoms with E-state index in [4.69, 9.17) is 68.0 Å². The zero-order chi connectivity index (χ0) is 99.5. The highest BCUT2D eigenvalue weighted by Crippen LogP contribution is 2.61. The molecule has 0 bridgehead atoms. The Morgan fingerprint density at radius 2 is 0.741 bits per heavy atom. The molecule has 5 aromatic heterocycles. The molecule has 0 aliphatic carbocycles. The first kappa shape index (κ1) is 111. The Hall–Kier alpha value is -8.90. The number of ether oxygens (including phenoxy) is 7. The van der Waals surface area contributed by atoms with E-state index in [0.717, 1.165) is 133 Å². The van der Waals surface area contributed by atoms with Gasteiger partial charge in [0.2, 0.25) is 0 Å². The van der Waals surface area contributed by atoms with Gasteiger partial charge in [0.1, 0.15) is 62.0 Å². The van der Waals surface area contributed by atoms with Crippen LogP contribution in [-0.2, 0) is 28.3 Å². The number of methoxy groups -OCH3 is 5. The van der Waals surface area contributed by atoms with Gasteiger partial charge in [0.05, 0.1) is 90.0 Å². The van der Waals surface area contributed by atoms with Gasteiger partial charge in [-0.15, -0.1) is 0 Å². The average Bonchev–Trinajstić information content (AvgIpc) is 0.776. The minimum Gasteiger partial charge on any atom is -0.497 e. The fourth-order valence-electron chi connectivity index (χ4n) is 14.3. The van der Waals surface area contributed by atoms with Crippen LogP contribution in [0.1, 0.15) is 60.8 Å². The van der Waals surface area contributed by atoms with Crippen LogP contribution < -0.4 is 59.7 Å². The molecular weight excluding hydrogens is 2020 g/mol. The predicted molar refractivity (Wildman–Crippen MR) is 518 cm³/mol. The molecule has 742 valence electrons. The molecule has 0 unspecified atom stereocenters. The quantitative estimate of drug-likeness (QED) is 0.0266. The van der Waals surface area contributed by atoms with Crippen LogP contribution in [0.25, 0.3) is 53.9 Å². The average molecular weight is 2130 g/mol. The maximum atomic E-state index is 12.5. The van der Waals surface area contributed by atoms with Crippen molar-refractivity contribution in [3.8, 4) is 28.7 Å². The molecule has 0 saturated carbocycles. The summed E-state index contributed by atoms with van der Waals surface area (Å²) in [6.07, 6.45) is 4.21. The van der Waals surface area contributed by atoms with Crippen molar-refractivity contribution >= 4 is 189 Å². The summed E-state index contributed by atoms with van der Waals surface area (Å²) < 4.78 is 176. The lowest BCUT2D eigenvalue weighted by molar-refractivity contribution is -0.0573. The number of fused-ring (bicyclic) bond motifs is 5. The van der Waals surface area contributed by atoms with Crippen LogP contribution in [-0.4, -0.2) is 274 Å². The number of H-pyrrole nitrogens is 2. The SMILES string of the molecule is CC(C)(C)OC(=O)N1CCNCC1.COc1ccc2c(=O)[nH]cc(Br)c2c1.COc1ccc2c(=O)[nH]cc(N3CCN(C(=O)OC(C)(C)C)CC3)c2c1.COc1ccc2c(Cl)ncc(N3CCCCC3)c2c1.COc1ccc2c(Cl)ncc(N3CCN(CC(F)F)CC3)c2c1.COc1ccc2c(Cl)ncc(N3CCN(CC(F)F)CC3)c2c1.O=P(Cl)(Cl)Cl.O=S(=O)(OCC(F)F)C(F)(F)F. The molecule has 5 fully saturated rings. The van der Waals surface area contributed by atoms with E-state index in [1.807, 2.05) is 114 Å². The third-order valence-corrected chi connectivity index (χ3v) is 23.4. The molecule has 3 N–H and O–H groups in total. The second kappa shape index (κ2) is 51.7. The fraction of sp³-hybridized carbons (Fsp3) is 0.466. The van der Waals surface area contributed by atoms with Crippen LogP contribution in [0, 0.1) is 0 Å². The van der Waals surface area contributed by atoms with E-state index in [1.54, 1.807) is 104 Å². The van der Waals surface area contributed by atoms with Gasteiger partial charge in [0.15, 0.2) is 0 Å². The maximum Gasteiger partial charge on any atom is 0.523 e. The number of pyridine rings is 5. The number of hydrogen-bond acceptors (Lipinski definition) is 25. The highest BCUT2D eigenvalue weighted by molar-refractivity contribution is 9.10. The number of nitrogens with zero attached hydrogens (tertiary/aromatic N) is 11. The van der Waals surface area contributed by atoms with Crippen molar-refractivity contribution in [1.82, 2.24) is 49.8 Å². The van der Waals surface area contributed by atoms with Gasteiger partial charge in [0.25, 0.3) is 30.4 Å². The third kappa shape index (κ3) is 34.6. The molecule has 29 nitrogen and oxygen atoms in total. The van der Waals surface area contributed by atoms with Gasteiger partial charge in [0, 0.05) is 189 Å². The van der Waals surface area contributed by atoms with Crippen molar-refractivity contribution < 1.29 is 99.4 Å². The molecule has 47 heteroatoms. The topological polar surface area (TPSA) is 302 Å². The van der Waals surface area contributed by atoms with Crippen molar-refractivity contribution in [2.45, 2.75) is 96.8 Å². The molecule has 135 heavy (non-hydrogen) atoms. The fourth-order valence-corrected chi connectivity index (χ4v) is 15.8. The monoisotopic (exact) mass is 2120 g/mol. The molecule has 15 rings (SSSR count). The molecule has 5 aliphatic heterocycles. The summed E-state index contributed by atoms with van der Waals surface area (Å²) in [6, 6.07) is 28.1. The predicted octanol–water partition coefficient (Wildman–Crippen LogP) is 20.1. The first-order valence-electron chi connectivity index (χ1n) is 42.1. The van der Waals surface area contributed by atoms with E-state index in [1.165, 1.54) is 19.3 Å². The zero-order valence-corrected chi connectivity index (χ0v) is 83.5. The number of benzene rings is 5. The normalized spacial score (nSPS) is 15.2. The Bertz CT molecular complexity index is 5750. The van der Waals surface area contributed by atoms with Crippen molar-refractivity contribution in [3.05, 3.63) is 163 Å². The largest absolute Gasteiger partial charge is 0.523 e. The number of hydrogen-bond donors (Lipinski definition) is 3. The Labute approximate surface area is 813 Å². The lowest BCUT2D eigenvalue weighted by atomic mass is 10.1. The van der Waals surface area contributed by atoms with E-state index in [0.29, 0.717) is 111 Å². The number of alkyl halides is 9. The summed E-state index contributed by atoms with van der Waals surface area (Å²) in [5.41, 5.74) is -2.74. The maximum absolute atomic E-state index is 12.5. The Morgan fingerprint density at radius 3 is 1.07 bits per heavy atom. The van der Waals surface area contributed by atoms with Crippen molar-refractivity contribution in [3.63, 3.8) is 0 Å². The number of rotatable bonds is 16. The van der Waals surface area contributed by atoms with Gasteiger partial charge in [-0.1, -0.05) is 34.8 Å². The van der Waals surface area contributed by atoms with Gasteiger partial charge in [-0.25, -0.2) is 50.9 Å². The van der Waals surface area contributed by atoms with Crippen molar-refractivity contribution in [1.29, 1.82) is 0 Å². The number of carbonyl (C=O) groups excluding carboxylic acids is 2. The summed E-state index contributed by atoms with van der Waals surface area (Å²) in [6.45, 7) is 22.1. The van der Waals surface area contributed by atoms with Crippen LogP contribution in [0.5, 0.6) is 28.7 Å². The Morgan fingerprint density at radius 1 is 0.437 bits per heavy atom. The van der Waals surface area contributed by atoms with Gasteiger partial charge >= 0.3 is 33.0 Å². The molecule has 5 aliphatic rings. The summed E-state index contributed by atoms with van der Waals surface area (Å²) in [5, 5.41) is 10.2. The number of aromatic amines is 2. The smallest absolute Gasteiger partial charge is 0.497 e. The summed E-state index contributed by atoms with van der Waals surface area (Å²) in [5.74, 6) is 3.79.